The number of nitrogens with zero attached hydrogens (tertiary/aromatic N) is 3. The van der Waals surface area contributed by atoms with E-state index in [0.717, 1.165) is 10.1 Å². The lowest BCUT2D eigenvalue weighted by atomic mass is 9.83. The van der Waals surface area contributed by atoms with Crippen LogP contribution >= 0.6 is 0 Å². The lowest BCUT2D eigenvalue weighted by Crippen LogP contribution is -2.46. The van der Waals surface area contributed by atoms with Gasteiger partial charge in [0.25, 0.3) is 0 Å². The Labute approximate surface area is 203 Å². The van der Waals surface area contributed by atoms with Gasteiger partial charge in [-0.1, -0.05) is 12.1 Å². The smallest absolute Gasteiger partial charge is 0.405 e. The number of ether oxygens (including phenoxy) is 1. The van der Waals surface area contributed by atoms with E-state index >= 15 is 0 Å². The molecule has 1 unspecified atom stereocenters. The van der Waals surface area contributed by atoms with Crippen molar-refractivity contribution in [3.8, 4) is 11.4 Å². The summed E-state index contributed by atoms with van der Waals surface area (Å²) >= 11 is 0. The molecule has 0 fully saturated rings. The van der Waals surface area contributed by atoms with E-state index in [1.165, 1.54) is 28.4 Å². The van der Waals surface area contributed by atoms with Gasteiger partial charge in [0.2, 0.25) is 0 Å². The zero-order chi connectivity index (χ0) is 26.0. The molecule has 11 heteroatoms. The lowest BCUT2D eigenvalue weighted by Gasteiger charge is -2.42. The number of allylic oxidation sites excluding steroid dienone is 1. The number of Topliss-reactive ketones (excluding diaryl/α,β-unsaturated/α-hetero) is 1. The van der Waals surface area contributed by atoms with Crippen LogP contribution in [0.5, 0.6) is 5.75 Å². The van der Waals surface area contributed by atoms with Crippen LogP contribution in [-0.2, 0) is 6.54 Å². The maximum absolute atomic E-state index is 13.6. The molecule has 1 aromatic heterocycles. The Kier molecular flexibility index (Phi) is 5.27. The SMILES string of the molecule is CC(=O)c1ccc(-n2c(=O)n3n(c2=O)C2C(=CC3)C(C)(C)Oc3cc(NCC(F)(F)F)ccc32)cc1. The number of halogens is 3. The van der Waals surface area contributed by atoms with Crippen LogP contribution < -0.4 is 21.4 Å². The summed E-state index contributed by atoms with van der Waals surface area (Å²) in [6, 6.07) is 10.1. The first-order valence-electron chi connectivity index (χ1n) is 11.3. The maximum Gasteiger partial charge on any atom is 0.405 e. The summed E-state index contributed by atoms with van der Waals surface area (Å²) in [7, 11) is 0. The second kappa shape index (κ2) is 8.00. The van der Waals surface area contributed by atoms with Crippen molar-refractivity contribution in [2.45, 2.75) is 45.1 Å². The van der Waals surface area contributed by atoms with Gasteiger partial charge in [-0.25, -0.2) is 23.5 Å². The van der Waals surface area contributed by atoms with Gasteiger partial charge in [0.1, 0.15) is 23.9 Å². The van der Waals surface area contributed by atoms with Crippen LogP contribution in [0.25, 0.3) is 5.69 Å². The van der Waals surface area contributed by atoms with E-state index in [-0.39, 0.29) is 18.0 Å². The van der Waals surface area contributed by atoms with E-state index < -0.39 is 35.7 Å². The molecule has 0 radical (unpaired) electrons. The number of hydrogen-bond donors (Lipinski definition) is 1. The third kappa shape index (κ3) is 3.84. The Morgan fingerprint density at radius 2 is 1.81 bits per heavy atom. The highest BCUT2D eigenvalue weighted by atomic mass is 19.4. The van der Waals surface area contributed by atoms with Crippen LogP contribution in [0.4, 0.5) is 18.9 Å². The summed E-state index contributed by atoms with van der Waals surface area (Å²) in [5.74, 6) is 0.182. The molecule has 3 aromatic rings. The highest BCUT2D eigenvalue weighted by Gasteiger charge is 2.44. The summed E-state index contributed by atoms with van der Waals surface area (Å²) in [6.07, 6.45) is -2.54. The molecule has 0 aliphatic carbocycles. The van der Waals surface area contributed by atoms with Crippen LogP contribution in [-0.4, -0.2) is 38.0 Å². The fourth-order valence-corrected chi connectivity index (χ4v) is 4.77. The van der Waals surface area contributed by atoms with Gasteiger partial charge in [0.05, 0.1) is 12.2 Å². The number of benzene rings is 2. The molecule has 2 aliphatic rings. The van der Waals surface area contributed by atoms with Crippen LogP contribution in [0.2, 0.25) is 0 Å². The van der Waals surface area contributed by atoms with Crippen LogP contribution in [0.15, 0.2) is 63.7 Å². The molecule has 5 rings (SSSR count). The summed E-state index contributed by atoms with van der Waals surface area (Å²) in [6.45, 7) is 3.98. The minimum atomic E-state index is -4.38. The quantitative estimate of drug-likeness (QED) is 0.436. The molecule has 1 atom stereocenters. The monoisotopic (exact) mass is 500 g/mol. The van der Waals surface area contributed by atoms with Gasteiger partial charge >= 0.3 is 17.6 Å². The number of carbonyl (C=O) groups excluding carboxylic acids is 1. The topological polar surface area (TPSA) is 87.3 Å². The van der Waals surface area contributed by atoms with E-state index in [0.29, 0.717) is 22.6 Å². The zero-order valence-corrected chi connectivity index (χ0v) is 19.7. The molecule has 0 amide bonds. The van der Waals surface area contributed by atoms with Gasteiger partial charge in [0.15, 0.2) is 5.78 Å². The predicted octanol–water partition coefficient (Wildman–Crippen LogP) is 3.68. The summed E-state index contributed by atoms with van der Waals surface area (Å²) < 4.78 is 47.9. The maximum atomic E-state index is 13.6. The Morgan fingerprint density at radius 1 is 1.11 bits per heavy atom. The highest BCUT2D eigenvalue weighted by molar-refractivity contribution is 5.94. The molecule has 188 valence electrons. The van der Waals surface area contributed by atoms with E-state index in [4.69, 9.17) is 4.74 Å². The van der Waals surface area contributed by atoms with Crippen LogP contribution in [0, 0.1) is 0 Å². The zero-order valence-electron chi connectivity index (χ0n) is 19.7. The Morgan fingerprint density at radius 3 is 2.44 bits per heavy atom. The number of nitrogens with one attached hydrogen (secondary N) is 1. The van der Waals surface area contributed by atoms with Gasteiger partial charge < -0.3 is 10.1 Å². The molecule has 2 aromatic carbocycles. The fourth-order valence-electron chi connectivity index (χ4n) is 4.77. The number of alkyl halides is 3. The van der Waals surface area contributed by atoms with Crippen molar-refractivity contribution in [3.05, 3.63) is 86.2 Å². The normalized spacial score (nSPS) is 17.8. The number of rotatable bonds is 4. The number of anilines is 1. The molecule has 0 saturated heterocycles. The molecule has 0 bridgehead atoms. The molecule has 0 spiro atoms. The van der Waals surface area contributed by atoms with Gasteiger partial charge in [-0.3, -0.25) is 4.79 Å². The third-order valence-electron chi connectivity index (χ3n) is 6.48. The standard InChI is InChI=1S/C25H23F3N4O4/c1-14(33)15-4-7-17(8-5-15)31-22(34)30-11-10-19-21(32(30)23(31)35)18-9-6-16(29-13-25(26,27)28)12-20(18)36-24(19,2)3/h4-10,12,21,29H,11,13H2,1-3H3. The minimum absolute atomic E-state index is 0.138. The van der Waals surface area contributed by atoms with Crippen molar-refractivity contribution in [2.75, 3.05) is 11.9 Å². The van der Waals surface area contributed by atoms with E-state index in [2.05, 4.69) is 5.32 Å². The third-order valence-corrected chi connectivity index (χ3v) is 6.48. The number of fused-ring (bicyclic) bond motifs is 5. The van der Waals surface area contributed by atoms with Gasteiger partial charge in [0, 0.05) is 22.9 Å². The molecule has 0 saturated carbocycles. The Bertz CT molecular complexity index is 1520. The summed E-state index contributed by atoms with van der Waals surface area (Å²) in [5, 5.41) is 2.34. The molecule has 2 aliphatic heterocycles. The van der Waals surface area contributed by atoms with Gasteiger partial charge in [-0.15, -0.1) is 0 Å². The van der Waals surface area contributed by atoms with Crippen molar-refractivity contribution < 1.29 is 22.7 Å². The van der Waals surface area contributed by atoms with Crippen molar-refractivity contribution in [3.63, 3.8) is 0 Å². The Balaban J connectivity index is 1.63. The van der Waals surface area contributed by atoms with E-state index in [1.54, 1.807) is 44.2 Å². The second-order valence-corrected chi connectivity index (χ2v) is 9.33. The van der Waals surface area contributed by atoms with Crippen LogP contribution in [0.3, 0.4) is 0 Å². The minimum Gasteiger partial charge on any atom is -0.483 e. The predicted molar refractivity (Wildman–Crippen MR) is 126 cm³/mol. The average Bonchev–Trinajstić information content (AvgIpc) is 3.06. The number of ketones is 1. The first-order chi connectivity index (χ1) is 16.9. The molecule has 1 N–H and O–H groups in total. The average molecular weight is 500 g/mol. The highest BCUT2D eigenvalue weighted by Crippen LogP contribution is 2.46. The Hall–Kier alpha value is -4.02. The van der Waals surface area contributed by atoms with Crippen LogP contribution in [0.1, 0.15) is 42.7 Å². The van der Waals surface area contributed by atoms with Crippen molar-refractivity contribution in [2.24, 2.45) is 0 Å². The van der Waals surface area contributed by atoms with Gasteiger partial charge in [-0.05, 0) is 56.7 Å². The number of aromatic nitrogens is 3. The molecular formula is C25H23F3N4O4. The first-order valence-corrected chi connectivity index (χ1v) is 11.3. The summed E-state index contributed by atoms with van der Waals surface area (Å²) in [5.41, 5.74) is 0.313. The van der Waals surface area contributed by atoms with E-state index in [9.17, 15) is 27.6 Å². The number of carbonyl (C=O) groups is 1. The summed E-state index contributed by atoms with van der Waals surface area (Å²) in [4.78, 5) is 38.6. The molecule has 8 nitrogen and oxygen atoms in total. The first kappa shape index (κ1) is 23.7. The largest absolute Gasteiger partial charge is 0.483 e. The van der Waals surface area contributed by atoms with Crippen molar-refractivity contribution in [1.82, 2.24) is 13.9 Å². The van der Waals surface area contributed by atoms with Gasteiger partial charge in [-0.2, -0.15) is 13.2 Å². The second-order valence-electron chi connectivity index (χ2n) is 9.33. The van der Waals surface area contributed by atoms with Crippen molar-refractivity contribution >= 4 is 11.5 Å². The molecule has 36 heavy (non-hydrogen) atoms. The molecule has 3 heterocycles. The lowest BCUT2D eigenvalue weighted by molar-refractivity contribution is -0.115. The molecular weight excluding hydrogens is 477 g/mol. The number of hydrogen-bond acceptors (Lipinski definition) is 5. The fraction of sp³-hybridized carbons (Fsp3) is 0.320. The van der Waals surface area contributed by atoms with Crippen molar-refractivity contribution in [1.29, 1.82) is 0 Å². The van der Waals surface area contributed by atoms with E-state index in [1.807, 2.05) is 6.08 Å².